The normalized spacial score (nSPS) is 15.1. The fourth-order valence-electron chi connectivity index (χ4n) is 4.48. The second-order valence-corrected chi connectivity index (χ2v) is 10.6. The molecule has 2 aromatic carbocycles. The average Bonchev–Trinajstić information content (AvgIpc) is 2.86. The van der Waals surface area contributed by atoms with E-state index in [4.69, 9.17) is 9.47 Å². The van der Waals surface area contributed by atoms with Crippen LogP contribution in [0.4, 0.5) is 23.8 Å². The standard InChI is InChI=1S/C29H33F3N4O3/c1-17(20-8-7-9-21(14-20)29(30,31)32)33-26-23-15-22(25(38-6)16-24(23)34-18(2)35-26)19-10-12-36(13-11-19)27(37)39-28(3,4)5/h7-10,14-17H,11-13H2,1-6H3,(H,33,34,35)/t17-/m1/s1. The second kappa shape index (κ2) is 10.7. The number of fused-ring (bicyclic) bond motifs is 1. The number of nitrogens with one attached hydrogen (secondary N) is 1. The van der Waals surface area contributed by atoms with Gasteiger partial charge in [0.25, 0.3) is 0 Å². The summed E-state index contributed by atoms with van der Waals surface area (Å²) < 4.78 is 51.0. The van der Waals surface area contributed by atoms with Gasteiger partial charge in [0.1, 0.15) is 23.0 Å². The number of alkyl halides is 3. The quantitative estimate of drug-likeness (QED) is 0.369. The van der Waals surface area contributed by atoms with Gasteiger partial charge in [0.2, 0.25) is 0 Å². The Morgan fingerprint density at radius 1 is 1.13 bits per heavy atom. The number of hydrogen-bond acceptors (Lipinski definition) is 6. The number of ether oxygens (including phenoxy) is 2. The van der Waals surface area contributed by atoms with Crippen LogP contribution in [0.15, 0.2) is 42.5 Å². The summed E-state index contributed by atoms with van der Waals surface area (Å²) in [4.78, 5) is 23.3. The number of amides is 1. The largest absolute Gasteiger partial charge is 0.496 e. The lowest BCUT2D eigenvalue weighted by Gasteiger charge is -2.30. The third-order valence-corrected chi connectivity index (χ3v) is 6.40. The molecule has 0 saturated carbocycles. The maximum Gasteiger partial charge on any atom is 0.416 e. The topological polar surface area (TPSA) is 76.6 Å². The average molecular weight is 543 g/mol. The van der Waals surface area contributed by atoms with Gasteiger partial charge in [0.15, 0.2) is 0 Å². The van der Waals surface area contributed by atoms with E-state index in [0.29, 0.717) is 53.4 Å². The lowest BCUT2D eigenvalue weighted by Crippen LogP contribution is -2.39. The van der Waals surface area contributed by atoms with Crippen molar-refractivity contribution in [3.05, 3.63) is 65.0 Å². The number of halogens is 3. The molecule has 1 aromatic heterocycles. The van der Waals surface area contributed by atoms with E-state index in [2.05, 4.69) is 15.3 Å². The van der Waals surface area contributed by atoms with Crippen LogP contribution in [-0.2, 0) is 10.9 Å². The maximum absolute atomic E-state index is 13.3. The predicted octanol–water partition coefficient (Wildman–Crippen LogP) is 7.16. The van der Waals surface area contributed by atoms with E-state index < -0.39 is 23.4 Å². The lowest BCUT2D eigenvalue weighted by molar-refractivity contribution is -0.137. The van der Waals surface area contributed by atoms with Gasteiger partial charge in [-0.1, -0.05) is 18.2 Å². The minimum absolute atomic E-state index is 0.359. The number of carbonyl (C=O) groups excluding carboxylic acids is 1. The molecule has 0 fully saturated rings. The minimum atomic E-state index is -4.42. The summed E-state index contributed by atoms with van der Waals surface area (Å²) in [6.07, 6.45) is -2.21. The molecule has 1 aliphatic rings. The summed E-state index contributed by atoms with van der Waals surface area (Å²) in [5, 5.41) is 4.00. The third-order valence-electron chi connectivity index (χ3n) is 6.40. The Bertz CT molecular complexity index is 1410. The monoisotopic (exact) mass is 542 g/mol. The van der Waals surface area contributed by atoms with Crippen molar-refractivity contribution in [3.63, 3.8) is 0 Å². The number of carbonyl (C=O) groups is 1. The molecule has 1 amide bonds. The molecule has 10 heteroatoms. The van der Waals surface area contributed by atoms with Crippen molar-refractivity contribution >= 4 is 28.4 Å². The van der Waals surface area contributed by atoms with Crippen LogP contribution in [0.1, 0.15) is 62.7 Å². The van der Waals surface area contributed by atoms with Crippen molar-refractivity contribution in [2.45, 2.75) is 58.9 Å². The van der Waals surface area contributed by atoms with Crippen molar-refractivity contribution < 1.29 is 27.4 Å². The predicted molar refractivity (Wildman–Crippen MR) is 145 cm³/mol. The van der Waals surface area contributed by atoms with Crippen LogP contribution in [-0.4, -0.2) is 46.8 Å². The number of aryl methyl sites for hydroxylation is 1. The molecule has 39 heavy (non-hydrogen) atoms. The second-order valence-electron chi connectivity index (χ2n) is 10.6. The molecule has 1 aliphatic heterocycles. The van der Waals surface area contributed by atoms with Gasteiger partial charge in [-0.15, -0.1) is 0 Å². The Morgan fingerprint density at radius 2 is 1.87 bits per heavy atom. The number of nitrogens with zero attached hydrogens (tertiary/aromatic N) is 3. The summed E-state index contributed by atoms with van der Waals surface area (Å²) in [5.41, 5.74) is 1.71. The fourth-order valence-corrected chi connectivity index (χ4v) is 4.48. The molecule has 0 radical (unpaired) electrons. The highest BCUT2D eigenvalue weighted by molar-refractivity contribution is 5.94. The van der Waals surface area contributed by atoms with Crippen LogP contribution in [0.2, 0.25) is 0 Å². The van der Waals surface area contributed by atoms with E-state index in [-0.39, 0.29) is 6.09 Å². The highest BCUT2D eigenvalue weighted by Gasteiger charge is 2.31. The summed E-state index contributed by atoms with van der Waals surface area (Å²) in [6.45, 7) is 9.93. The highest BCUT2D eigenvalue weighted by Crippen LogP contribution is 2.37. The van der Waals surface area contributed by atoms with Crippen LogP contribution in [0.5, 0.6) is 5.75 Å². The molecule has 2 heterocycles. The molecule has 0 bridgehead atoms. The Balaban J connectivity index is 1.67. The van der Waals surface area contributed by atoms with Crippen LogP contribution in [0.25, 0.3) is 16.5 Å². The highest BCUT2D eigenvalue weighted by atomic mass is 19.4. The number of hydrogen-bond donors (Lipinski definition) is 1. The molecule has 1 N–H and O–H groups in total. The van der Waals surface area contributed by atoms with Crippen molar-refractivity contribution in [1.82, 2.24) is 14.9 Å². The van der Waals surface area contributed by atoms with Gasteiger partial charge in [-0.05, 0) is 70.4 Å². The van der Waals surface area contributed by atoms with Gasteiger partial charge in [-0.25, -0.2) is 14.8 Å². The first-order valence-corrected chi connectivity index (χ1v) is 12.7. The van der Waals surface area contributed by atoms with Gasteiger partial charge in [-0.3, -0.25) is 0 Å². The third kappa shape index (κ3) is 6.61. The molecular weight excluding hydrogens is 509 g/mol. The molecule has 7 nitrogen and oxygen atoms in total. The number of aromatic nitrogens is 2. The van der Waals surface area contributed by atoms with Gasteiger partial charge in [0, 0.05) is 36.1 Å². The van der Waals surface area contributed by atoms with Crippen molar-refractivity contribution in [1.29, 1.82) is 0 Å². The SMILES string of the molecule is COc1cc2nc(C)nc(N[C@H](C)c3cccc(C(F)(F)F)c3)c2cc1C1=CCN(C(=O)OC(C)(C)C)CC1. The van der Waals surface area contributed by atoms with Gasteiger partial charge >= 0.3 is 12.3 Å². The van der Waals surface area contributed by atoms with Gasteiger partial charge in [-0.2, -0.15) is 13.2 Å². The summed E-state index contributed by atoms with van der Waals surface area (Å²) in [7, 11) is 1.59. The molecule has 0 spiro atoms. The molecule has 1 atom stereocenters. The number of methoxy groups -OCH3 is 1. The van der Waals surface area contributed by atoms with Gasteiger partial charge < -0.3 is 19.7 Å². The fraction of sp³-hybridized carbons (Fsp3) is 0.414. The van der Waals surface area contributed by atoms with E-state index in [1.54, 1.807) is 31.9 Å². The van der Waals surface area contributed by atoms with E-state index in [9.17, 15) is 18.0 Å². The van der Waals surface area contributed by atoms with E-state index in [1.807, 2.05) is 39.0 Å². The Labute approximate surface area is 226 Å². The molecule has 3 aromatic rings. The zero-order valence-corrected chi connectivity index (χ0v) is 22.9. The number of anilines is 1. The molecule has 0 saturated heterocycles. The molecule has 4 rings (SSSR count). The summed E-state index contributed by atoms with van der Waals surface area (Å²) in [6, 6.07) is 8.57. The Kier molecular flexibility index (Phi) is 7.77. The molecular formula is C29H33F3N4O3. The Morgan fingerprint density at radius 3 is 2.49 bits per heavy atom. The first-order chi connectivity index (χ1) is 18.2. The Hall–Kier alpha value is -3.82. The first-order valence-electron chi connectivity index (χ1n) is 12.7. The van der Waals surface area contributed by atoms with Crippen LogP contribution in [0, 0.1) is 6.92 Å². The summed E-state index contributed by atoms with van der Waals surface area (Å²) >= 11 is 0. The van der Waals surface area contributed by atoms with Crippen molar-refractivity contribution in [2.24, 2.45) is 0 Å². The zero-order valence-electron chi connectivity index (χ0n) is 22.9. The first kappa shape index (κ1) is 28.2. The number of benzene rings is 2. The van der Waals surface area contributed by atoms with Crippen LogP contribution >= 0.6 is 0 Å². The van der Waals surface area contributed by atoms with E-state index in [1.165, 1.54) is 6.07 Å². The van der Waals surface area contributed by atoms with Gasteiger partial charge in [0.05, 0.1) is 18.2 Å². The van der Waals surface area contributed by atoms with Crippen molar-refractivity contribution in [3.8, 4) is 5.75 Å². The van der Waals surface area contributed by atoms with Crippen LogP contribution < -0.4 is 10.1 Å². The van der Waals surface area contributed by atoms with E-state index >= 15 is 0 Å². The molecule has 208 valence electrons. The smallest absolute Gasteiger partial charge is 0.416 e. The van der Waals surface area contributed by atoms with E-state index in [0.717, 1.165) is 23.3 Å². The van der Waals surface area contributed by atoms with Crippen LogP contribution in [0.3, 0.4) is 0 Å². The number of rotatable bonds is 5. The zero-order chi connectivity index (χ0) is 28.5. The maximum atomic E-state index is 13.3. The lowest BCUT2D eigenvalue weighted by atomic mass is 9.96. The minimum Gasteiger partial charge on any atom is -0.496 e. The molecule has 0 unspecified atom stereocenters. The molecule has 0 aliphatic carbocycles. The van der Waals surface area contributed by atoms with Crippen molar-refractivity contribution in [2.75, 3.05) is 25.5 Å². The summed E-state index contributed by atoms with van der Waals surface area (Å²) in [5.74, 6) is 1.66.